The maximum atomic E-state index is 18.1. The van der Waals surface area contributed by atoms with E-state index in [1.165, 1.54) is 4.90 Å². The van der Waals surface area contributed by atoms with Crippen molar-refractivity contribution in [2.45, 2.75) is 97.8 Å². The second-order valence-corrected chi connectivity index (χ2v) is 11.0. The van der Waals surface area contributed by atoms with E-state index in [-0.39, 0.29) is 31.1 Å². The minimum Gasteiger partial charge on any atom is -0.329 e. The van der Waals surface area contributed by atoms with Crippen molar-refractivity contribution < 1.29 is 26.3 Å². The third-order valence-corrected chi connectivity index (χ3v) is 7.85. The van der Waals surface area contributed by atoms with Gasteiger partial charge in [-0.15, -0.1) is 0 Å². The van der Waals surface area contributed by atoms with Crippen LogP contribution in [0.1, 0.15) is 103 Å². The monoisotopic (exact) mass is 499 g/mol. The lowest BCUT2D eigenvalue weighted by atomic mass is 9.69. The molecule has 1 aliphatic rings. The van der Waals surface area contributed by atoms with Crippen molar-refractivity contribution in [1.29, 1.82) is 0 Å². The third-order valence-electron chi connectivity index (χ3n) is 7.85. The molecular formula is C28H35F6N. The van der Waals surface area contributed by atoms with E-state index in [1.54, 1.807) is 27.7 Å². The Morgan fingerprint density at radius 2 is 1.17 bits per heavy atom. The summed E-state index contributed by atoms with van der Waals surface area (Å²) < 4.78 is 91.8. The lowest BCUT2D eigenvalue weighted by Crippen LogP contribution is -2.53. The molecule has 194 valence electrons. The Bertz CT molecular complexity index is 1060. The Labute approximate surface area is 204 Å². The van der Waals surface area contributed by atoms with Crippen LogP contribution in [-0.4, -0.2) is 5.54 Å². The first-order chi connectivity index (χ1) is 16.1. The van der Waals surface area contributed by atoms with Crippen molar-refractivity contribution in [1.82, 2.24) is 0 Å². The second kappa shape index (κ2) is 9.04. The van der Waals surface area contributed by atoms with Crippen LogP contribution in [0.5, 0.6) is 0 Å². The molecule has 0 bridgehead atoms. The largest absolute Gasteiger partial charge is 0.329 e. The molecule has 1 unspecified atom stereocenters. The number of halogens is 6. The molecule has 7 heteroatoms. The molecular weight excluding hydrogens is 464 g/mol. The topological polar surface area (TPSA) is 3.24 Å². The van der Waals surface area contributed by atoms with Gasteiger partial charge in [-0.2, -0.15) is 0 Å². The number of para-hydroxylation sites is 1. The molecule has 1 nitrogen and oxygen atoms in total. The molecule has 0 amide bonds. The lowest BCUT2D eigenvalue weighted by molar-refractivity contribution is 0.00214. The Morgan fingerprint density at radius 1 is 0.771 bits per heavy atom. The molecule has 0 radical (unpaired) electrons. The molecule has 1 fully saturated rings. The van der Waals surface area contributed by atoms with Crippen LogP contribution in [0.4, 0.5) is 32.0 Å². The van der Waals surface area contributed by atoms with Crippen LogP contribution < -0.4 is 4.90 Å². The number of rotatable bonds is 6. The van der Waals surface area contributed by atoms with E-state index in [0.717, 1.165) is 11.1 Å². The highest BCUT2D eigenvalue weighted by molar-refractivity contribution is 5.67. The number of hydrogen-bond donors (Lipinski definition) is 0. The highest BCUT2D eigenvalue weighted by atomic mass is 19.2. The summed E-state index contributed by atoms with van der Waals surface area (Å²) in [5, 5.41) is 0. The van der Waals surface area contributed by atoms with E-state index in [2.05, 4.69) is 0 Å². The minimum absolute atomic E-state index is 0.0848. The maximum absolute atomic E-state index is 18.1. The van der Waals surface area contributed by atoms with E-state index < -0.39 is 51.4 Å². The molecule has 2 aromatic carbocycles. The number of benzene rings is 2. The summed E-state index contributed by atoms with van der Waals surface area (Å²) >= 11 is 0. The Kier molecular flexibility index (Phi) is 7.08. The summed E-state index contributed by atoms with van der Waals surface area (Å²) in [6.45, 7) is 14.6. The van der Waals surface area contributed by atoms with Crippen LogP contribution in [0.3, 0.4) is 0 Å². The highest BCUT2D eigenvalue weighted by Crippen LogP contribution is 2.66. The summed E-state index contributed by atoms with van der Waals surface area (Å²) in [6, 6.07) is 5.51. The van der Waals surface area contributed by atoms with Gasteiger partial charge >= 0.3 is 0 Å². The fourth-order valence-electron chi connectivity index (χ4n) is 6.15. The van der Waals surface area contributed by atoms with Crippen LogP contribution in [0.15, 0.2) is 18.2 Å². The van der Waals surface area contributed by atoms with E-state index in [1.807, 2.05) is 45.9 Å². The van der Waals surface area contributed by atoms with E-state index in [0.29, 0.717) is 5.69 Å². The number of alkyl halides is 1. The smallest absolute Gasteiger partial charge is 0.220 e. The van der Waals surface area contributed by atoms with Crippen LogP contribution in [0.2, 0.25) is 0 Å². The second-order valence-electron chi connectivity index (χ2n) is 11.0. The lowest BCUT2D eigenvalue weighted by Gasteiger charge is -2.48. The van der Waals surface area contributed by atoms with Crippen molar-refractivity contribution in [3.05, 3.63) is 64.0 Å². The van der Waals surface area contributed by atoms with Gasteiger partial charge in [-0.05, 0) is 56.1 Å². The molecule has 1 atom stereocenters. The van der Waals surface area contributed by atoms with Gasteiger partial charge in [-0.3, -0.25) is 0 Å². The summed E-state index contributed by atoms with van der Waals surface area (Å²) in [5.41, 5.74) is -1.87. The van der Waals surface area contributed by atoms with Crippen molar-refractivity contribution >= 4 is 5.69 Å². The molecule has 0 N–H and O–H groups in total. The summed E-state index contributed by atoms with van der Waals surface area (Å²) in [4.78, 5) is 1.33. The normalized spacial score (nSPS) is 21.4. The van der Waals surface area contributed by atoms with Crippen molar-refractivity contribution in [3.63, 3.8) is 0 Å². The van der Waals surface area contributed by atoms with Crippen LogP contribution in [0, 0.1) is 34.5 Å². The number of hydrogen-bond acceptors (Lipinski definition) is 1. The fraction of sp³-hybridized carbons (Fsp3) is 0.571. The molecule has 0 saturated carbocycles. The highest BCUT2D eigenvalue weighted by Gasteiger charge is 2.68. The summed E-state index contributed by atoms with van der Waals surface area (Å²) in [6.07, 6.45) is 0.438. The molecule has 0 aliphatic carbocycles. The number of nitrogens with zero attached hydrogens (tertiary/aromatic N) is 1. The van der Waals surface area contributed by atoms with Gasteiger partial charge in [0, 0.05) is 16.6 Å². The first-order valence-electron chi connectivity index (χ1n) is 12.3. The van der Waals surface area contributed by atoms with Gasteiger partial charge in [0.25, 0.3) is 0 Å². The van der Waals surface area contributed by atoms with Gasteiger partial charge in [0.1, 0.15) is 0 Å². The van der Waals surface area contributed by atoms with Gasteiger partial charge in [0.2, 0.25) is 11.6 Å². The van der Waals surface area contributed by atoms with E-state index in [4.69, 9.17) is 0 Å². The average Bonchev–Trinajstić information content (AvgIpc) is 2.97. The Morgan fingerprint density at radius 3 is 1.54 bits per heavy atom. The zero-order chi connectivity index (χ0) is 26.7. The zero-order valence-corrected chi connectivity index (χ0v) is 21.7. The van der Waals surface area contributed by atoms with Crippen LogP contribution in [0.25, 0.3) is 0 Å². The fourth-order valence-corrected chi connectivity index (χ4v) is 6.15. The Hall–Kier alpha value is -2.18. The molecule has 3 rings (SSSR count). The van der Waals surface area contributed by atoms with Crippen LogP contribution >= 0.6 is 0 Å². The molecule has 1 saturated heterocycles. The third kappa shape index (κ3) is 3.75. The van der Waals surface area contributed by atoms with Crippen molar-refractivity contribution in [3.8, 4) is 0 Å². The predicted molar refractivity (Wildman–Crippen MR) is 128 cm³/mol. The molecule has 1 heterocycles. The molecule has 1 aliphatic heterocycles. The standard InChI is InChI=1S/C28H35F6N/c1-9-27(10-2)14-26(7,8)35(25-17(15(3)4)12-11-13-18(25)16(5)6)28(27,34)19-20(29)22(31)24(33)23(32)21(19)30/h11-13,15-16H,9-10,14H2,1-8H3. The maximum Gasteiger partial charge on any atom is 0.220 e. The molecule has 0 aromatic heterocycles. The minimum atomic E-state index is -3.00. The van der Waals surface area contributed by atoms with Gasteiger partial charge < -0.3 is 4.90 Å². The van der Waals surface area contributed by atoms with Crippen molar-refractivity contribution in [2.75, 3.05) is 4.90 Å². The van der Waals surface area contributed by atoms with Gasteiger partial charge in [-0.1, -0.05) is 59.7 Å². The van der Waals surface area contributed by atoms with Gasteiger partial charge in [0.15, 0.2) is 23.3 Å². The van der Waals surface area contributed by atoms with Crippen molar-refractivity contribution in [2.24, 2.45) is 5.41 Å². The van der Waals surface area contributed by atoms with E-state index >= 15 is 13.2 Å². The Balaban J connectivity index is 2.60. The molecule has 35 heavy (non-hydrogen) atoms. The predicted octanol–water partition coefficient (Wildman–Crippen LogP) is 9.25. The first kappa shape index (κ1) is 27.4. The zero-order valence-electron chi connectivity index (χ0n) is 21.7. The van der Waals surface area contributed by atoms with Crippen LogP contribution in [-0.2, 0) is 5.79 Å². The van der Waals surface area contributed by atoms with Gasteiger partial charge in [-0.25, -0.2) is 26.3 Å². The van der Waals surface area contributed by atoms with E-state index in [9.17, 15) is 13.2 Å². The summed E-state index contributed by atoms with van der Waals surface area (Å²) in [7, 11) is 0. The van der Waals surface area contributed by atoms with Gasteiger partial charge in [0.05, 0.1) is 5.56 Å². The number of anilines is 1. The first-order valence-corrected chi connectivity index (χ1v) is 12.3. The SMILES string of the molecule is CCC1(CC)CC(C)(C)N(c2c(C(C)C)cccc2C(C)C)C1(F)c1c(F)c(F)c(F)c(F)c1F. The molecule has 2 aromatic rings. The summed E-state index contributed by atoms with van der Waals surface area (Å²) in [5.74, 6) is -14.0. The average molecular weight is 500 g/mol. The molecule has 0 spiro atoms. The quantitative estimate of drug-likeness (QED) is 0.166.